The van der Waals surface area contributed by atoms with E-state index in [2.05, 4.69) is 20.9 Å². The molecule has 3 rings (SSSR count). The molecule has 1 aromatic carbocycles. The molecule has 1 unspecified atom stereocenters. The molecule has 0 saturated carbocycles. The van der Waals surface area contributed by atoms with Gasteiger partial charge in [-0.15, -0.1) is 0 Å². The summed E-state index contributed by atoms with van der Waals surface area (Å²) >= 11 is 3.40. The molecule has 1 amide bonds. The molecule has 5 heteroatoms. The number of aromatic nitrogens is 1. The van der Waals surface area contributed by atoms with E-state index in [1.54, 1.807) is 11.1 Å². The van der Waals surface area contributed by atoms with Gasteiger partial charge in [-0.1, -0.05) is 22.0 Å². The number of rotatable bonds is 2. The first-order chi connectivity index (χ1) is 9.16. The summed E-state index contributed by atoms with van der Waals surface area (Å²) in [5, 5.41) is 0. The van der Waals surface area contributed by atoms with Crippen LogP contribution in [-0.4, -0.2) is 10.9 Å². The van der Waals surface area contributed by atoms with E-state index in [4.69, 9.17) is 5.73 Å². The molecule has 2 aromatic rings. The molecule has 4 nitrogen and oxygen atoms in total. The van der Waals surface area contributed by atoms with E-state index >= 15 is 0 Å². The second kappa shape index (κ2) is 4.75. The lowest BCUT2D eigenvalue weighted by atomic mass is 10.1. The van der Waals surface area contributed by atoms with Crippen molar-refractivity contribution in [2.75, 3.05) is 4.90 Å². The predicted molar refractivity (Wildman–Crippen MR) is 76.5 cm³/mol. The number of hydrogen-bond acceptors (Lipinski definition) is 3. The Morgan fingerprint density at radius 3 is 2.89 bits per heavy atom. The van der Waals surface area contributed by atoms with Crippen molar-refractivity contribution in [3.8, 4) is 0 Å². The highest BCUT2D eigenvalue weighted by Gasteiger charge is 2.34. The van der Waals surface area contributed by atoms with Gasteiger partial charge in [0.25, 0.3) is 0 Å². The van der Waals surface area contributed by atoms with Gasteiger partial charge in [-0.2, -0.15) is 0 Å². The first-order valence-corrected chi connectivity index (χ1v) is 6.72. The molecule has 0 fully saturated rings. The van der Waals surface area contributed by atoms with Gasteiger partial charge in [0.15, 0.2) is 0 Å². The van der Waals surface area contributed by atoms with E-state index in [-0.39, 0.29) is 5.91 Å². The number of carbonyl (C=O) groups excluding carboxylic acids is 1. The van der Waals surface area contributed by atoms with Crippen LogP contribution in [0.2, 0.25) is 0 Å². The SMILES string of the molecule is NC1C(=O)N(Cc2ccccn2)c2ccc(Br)cc21. The van der Waals surface area contributed by atoms with Gasteiger partial charge in [-0.3, -0.25) is 9.78 Å². The number of hydrogen-bond donors (Lipinski definition) is 1. The first kappa shape index (κ1) is 12.3. The summed E-state index contributed by atoms with van der Waals surface area (Å²) in [5.74, 6) is -0.0845. The van der Waals surface area contributed by atoms with Crippen LogP contribution in [0.3, 0.4) is 0 Å². The zero-order chi connectivity index (χ0) is 13.4. The van der Waals surface area contributed by atoms with Crippen molar-refractivity contribution in [2.24, 2.45) is 5.73 Å². The number of carbonyl (C=O) groups is 1. The lowest BCUT2D eigenvalue weighted by molar-refractivity contribution is -0.119. The van der Waals surface area contributed by atoms with Gasteiger partial charge in [0.05, 0.1) is 12.2 Å². The minimum atomic E-state index is -0.587. The minimum absolute atomic E-state index is 0.0845. The zero-order valence-electron chi connectivity index (χ0n) is 10.1. The molecule has 1 atom stereocenters. The van der Waals surface area contributed by atoms with Gasteiger partial charge >= 0.3 is 0 Å². The second-order valence-electron chi connectivity index (χ2n) is 4.43. The maximum absolute atomic E-state index is 12.2. The summed E-state index contributed by atoms with van der Waals surface area (Å²) in [7, 11) is 0. The Kier molecular flexibility index (Phi) is 3.08. The highest BCUT2D eigenvalue weighted by atomic mass is 79.9. The Morgan fingerprint density at radius 2 is 2.16 bits per heavy atom. The number of pyridine rings is 1. The third-order valence-electron chi connectivity index (χ3n) is 3.19. The molecular formula is C14H12BrN3O. The van der Waals surface area contributed by atoms with E-state index in [1.807, 2.05) is 36.4 Å². The fourth-order valence-corrected chi connectivity index (χ4v) is 2.64. The van der Waals surface area contributed by atoms with Gasteiger partial charge < -0.3 is 10.6 Å². The lowest BCUT2D eigenvalue weighted by Gasteiger charge is -2.17. The van der Waals surface area contributed by atoms with Crippen LogP contribution in [0.15, 0.2) is 47.1 Å². The van der Waals surface area contributed by atoms with Crippen molar-refractivity contribution in [1.82, 2.24) is 4.98 Å². The maximum atomic E-state index is 12.2. The molecule has 0 saturated heterocycles. The average Bonchev–Trinajstić information content (AvgIpc) is 2.65. The number of anilines is 1. The highest BCUT2D eigenvalue weighted by Crippen LogP contribution is 2.36. The summed E-state index contributed by atoms with van der Waals surface area (Å²) in [6.07, 6.45) is 1.72. The van der Waals surface area contributed by atoms with Crippen LogP contribution in [0.25, 0.3) is 0 Å². The standard InChI is InChI=1S/C14H12BrN3O/c15-9-4-5-12-11(7-9)13(16)14(19)18(12)8-10-3-1-2-6-17-10/h1-7,13H,8,16H2. The van der Waals surface area contributed by atoms with Gasteiger partial charge in [0, 0.05) is 21.9 Å². The summed E-state index contributed by atoms with van der Waals surface area (Å²) in [6.45, 7) is 0.446. The molecule has 1 aliphatic heterocycles. The first-order valence-electron chi connectivity index (χ1n) is 5.93. The van der Waals surface area contributed by atoms with Gasteiger partial charge in [-0.25, -0.2) is 0 Å². The molecule has 96 valence electrons. The van der Waals surface area contributed by atoms with Crippen LogP contribution in [0, 0.1) is 0 Å². The Bertz CT molecular complexity index is 630. The number of halogens is 1. The Balaban J connectivity index is 1.98. The molecular weight excluding hydrogens is 306 g/mol. The van der Waals surface area contributed by atoms with Gasteiger partial charge in [-0.05, 0) is 30.3 Å². The summed E-state index contributed by atoms with van der Waals surface area (Å²) in [6, 6.07) is 10.8. The van der Waals surface area contributed by atoms with Crippen molar-refractivity contribution in [2.45, 2.75) is 12.6 Å². The van der Waals surface area contributed by atoms with Crippen LogP contribution < -0.4 is 10.6 Å². The van der Waals surface area contributed by atoms with Crippen LogP contribution in [-0.2, 0) is 11.3 Å². The Hall–Kier alpha value is -1.72. The normalized spacial score (nSPS) is 17.7. The number of amides is 1. The molecule has 1 aliphatic rings. The summed E-state index contributed by atoms with van der Waals surface area (Å²) in [5.41, 5.74) is 8.54. The quantitative estimate of drug-likeness (QED) is 0.925. The summed E-state index contributed by atoms with van der Waals surface area (Å²) in [4.78, 5) is 18.2. The lowest BCUT2D eigenvalue weighted by Crippen LogP contribution is -2.31. The molecule has 1 aromatic heterocycles. The van der Waals surface area contributed by atoms with Gasteiger partial charge in [0.1, 0.15) is 6.04 Å². The molecule has 2 heterocycles. The fourth-order valence-electron chi connectivity index (χ4n) is 2.26. The average molecular weight is 318 g/mol. The van der Waals surface area contributed by atoms with E-state index in [9.17, 15) is 4.79 Å². The fraction of sp³-hybridized carbons (Fsp3) is 0.143. The van der Waals surface area contributed by atoms with E-state index in [1.165, 1.54) is 0 Å². The number of fused-ring (bicyclic) bond motifs is 1. The second-order valence-corrected chi connectivity index (χ2v) is 5.34. The predicted octanol–water partition coefficient (Wildman–Crippen LogP) is 2.39. The third-order valence-corrected chi connectivity index (χ3v) is 3.69. The van der Waals surface area contributed by atoms with E-state index < -0.39 is 6.04 Å². The molecule has 0 spiro atoms. The molecule has 0 bridgehead atoms. The Morgan fingerprint density at radius 1 is 1.32 bits per heavy atom. The highest BCUT2D eigenvalue weighted by molar-refractivity contribution is 9.10. The van der Waals surface area contributed by atoms with Crippen LogP contribution in [0.4, 0.5) is 5.69 Å². The largest absolute Gasteiger partial charge is 0.316 e. The number of nitrogens with zero attached hydrogens (tertiary/aromatic N) is 2. The molecule has 2 N–H and O–H groups in total. The van der Waals surface area contributed by atoms with Crippen molar-refractivity contribution >= 4 is 27.5 Å². The van der Waals surface area contributed by atoms with Crippen molar-refractivity contribution in [1.29, 1.82) is 0 Å². The number of benzene rings is 1. The maximum Gasteiger partial charge on any atom is 0.248 e. The van der Waals surface area contributed by atoms with Crippen LogP contribution >= 0.6 is 15.9 Å². The van der Waals surface area contributed by atoms with E-state index in [0.717, 1.165) is 21.4 Å². The van der Waals surface area contributed by atoms with E-state index in [0.29, 0.717) is 6.54 Å². The van der Waals surface area contributed by atoms with Crippen LogP contribution in [0.1, 0.15) is 17.3 Å². The van der Waals surface area contributed by atoms with Crippen LogP contribution in [0.5, 0.6) is 0 Å². The van der Waals surface area contributed by atoms with Crippen molar-refractivity contribution in [3.05, 3.63) is 58.3 Å². The molecule has 19 heavy (non-hydrogen) atoms. The van der Waals surface area contributed by atoms with Crippen molar-refractivity contribution in [3.63, 3.8) is 0 Å². The van der Waals surface area contributed by atoms with Gasteiger partial charge in [0.2, 0.25) is 5.91 Å². The zero-order valence-corrected chi connectivity index (χ0v) is 11.7. The molecule has 0 radical (unpaired) electrons. The topological polar surface area (TPSA) is 59.2 Å². The Labute approximate surface area is 119 Å². The summed E-state index contributed by atoms with van der Waals surface area (Å²) < 4.78 is 0.925. The smallest absolute Gasteiger partial charge is 0.248 e. The monoisotopic (exact) mass is 317 g/mol. The third kappa shape index (κ3) is 2.15. The number of nitrogens with two attached hydrogens (primary N) is 1. The van der Waals surface area contributed by atoms with Crippen molar-refractivity contribution < 1.29 is 4.79 Å². The minimum Gasteiger partial charge on any atom is -0.316 e. The molecule has 0 aliphatic carbocycles.